The monoisotopic (exact) mass is 526 g/mol. The molecule has 0 aliphatic carbocycles. The number of likely N-dealkylation sites (tertiary alicyclic amines) is 1. The van der Waals surface area contributed by atoms with Gasteiger partial charge in [-0.25, -0.2) is 0 Å². The highest BCUT2D eigenvalue weighted by molar-refractivity contribution is 6.35. The molecule has 2 aromatic rings. The van der Waals surface area contributed by atoms with Crippen LogP contribution in [0.25, 0.3) is 0 Å². The Kier molecular flexibility index (Phi) is 6.12. The number of rotatable bonds is 7. The number of amides is 4. The Morgan fingerprint density at radius 1 is 1.11 bits per heavy atom. The number of ether oxygens (including phenoxy) is 2. The van der Waals surface area contributed by atoms with Crippen molar-refractivity contribution in [1.82, 2.24) is 10.2 Å². The van der Waals surface area contributed by atoms with Gasteiger partial charge in [0.05, 0.1) is 36.8 Å². The van der Waals surface area contributed by atoms with Gasteiger partial charge in [-0.05, 0) is 42.7 Å². The molecule has 0 radical (unpaired) electrons. The first-order valence-corrected chi connectivity index (χ1v) is 12.2. The molecule has 194 valence electrons. The minimum absolute atomic E-state index is 0.0998. The Balaban J connectivity index is 1.51. The maximum absolute atomic E-state index is 13.9. The average molecular weight is 527 g/mol. The molecule has 0 aromatic heterocycles. The fourth-order valence-corrected chi connectivity index (χ4v) is 6.26. The highest BCUT2D eigenvalue weighted by atomic mass is 35.5. The van der Waals surface area contributed by atoms with Crippen LogP contribution in [-0.2, 0) is 31.1 Å². The molecule has 0 bridgehead atoms. The summed E-state index contributed by atoms with van der Waals surface area (Å²) in [5.41, 5.74) is 6.46. The van der Waals surface area contributed by atoms with E-state index in [1.807, 2.05) is 13.0 Å². The van der Waals surface area contributed by atoms with Crippen molar-refractivity contribution in [2.45, 2.75) is 31.3 Å². The van der Waals surface area contributed by atoms with Gasteiger partial charge in [0, 0.05) is 24.6 Å². The first-order chi connectivity index (χ1) is 17.6. The van der Waals surface area contributed by atoms with Gasteiger partial charge in [0.15, 0.2) is 11.5 Å². The van der Waals surface area contributed by atoms with Gasteiger partial charge >= 0.3 is 0 Å². The van der Waals surface area contributed by atoms with E-state index in [9.17, 15) is 19.2 Å². The van der Waals surface area contributed by atoms with Gasteiger partial charge < -0.3 is 20.5 Å². The zero-order chi connectivity index (χ0) is 26.6. The molecule has 4 amide bonds. The predicted octanol–water partition coefficient (Wildman–Crippen LogP) is 1.50. The van der Waals surface area contributed by atoms with E-state index in [0.29, 0.717) is 34.2 Å². The summed E-state index contributed by atoms with van der Waals surface area (Å²) in [6, 6.07) is 8.07. The van der Waals surface area contributed by atoms with Crippen molar-refractivity contribution in [3.05, 3.63) is 52.0 Å². The lowest BCUT2D eigenvalue weighted by atomic mass is 9.76. The Bertz CT molecular complexity index is 1350. The van der Waals surface area contributed by atoms with Crippen LogP contribution in [0, 0.1) is 18.8 Å². The van der Waals surface area contributed by atoms with Crippen LogP contribution in [0.3, 0.4) is 0 Å². The molecule has 2 fully saturated rings. The molecule has 2 saturated heterocycles. The number of carbonyl (C=O) groups is 4. The van der Waals surface area contributed by atoms with Crippen molar-refractivity contribution in [3.63, 3.8) is 0 Å². The normalized spacial score (nSPS) is 25.9. The van der Waals surface area contributed by atoms with Crippen molar-refractivity contribution in [1.29, 1.82) is 0 Å². The van der Waals surface area contributed by atoms with Crippen LogP contribution in [0.1, 0.15) is 23.1 Å². The van der Waals surface area contributed by atoms with E-state index in [4.69, 9.17) is 26.8 Å². The van der Waals surface area contributed by atoms with E-state index in [-0.39, 0.29) is 13.0 Å². The summed E-state index contributed by atoms with van der Waals surface area (Å²) in [6.07, 6.45) is 0.166. The zero-order valence-corrected chi connectivity index (χ0v) is 21.3. The van der Waals surface area contributed by atoms with Crippen LogP contribution in [-0.4, -0.2) is 55.3 Å². The number of primary amides is 1. The molecule has 10 nitrogen and oxygen atoms in total. The van der Waals surface area contributed by atoms with E-state index >= 15 is 0 Å². The highest BCUT2D eigenvalue weighted by Gasteiger charge is 2.70. The fourth-order valence-electron chi connectivity index (χ4n) is 5.94. The molecule has 11 heteroatoms. The first kappa shape index (κ1) is 25.0. The molecular weight excluding hydrogens is 500 g/mol. The molecule has 0 saturated carbocycles. The van der Waals surface area contributed by atoms with E-state index < -0.39 is 47.0 Å². The van der Waals surface area contributed by atoms with Crippen LogP contribution in [0.5, 0.6) is 11.5 Å². The van der Waals surface area contributed by atoms with Crippen LogP contribution >= 0.6 is 11.6 Å². The fraction of sp³-hybridized carbons (Fsp3) is 0.385. The van der Waals surface area contributed by atoms with Crippen molar-refractivity contribution in [3.8, 4) is 11.5 Å². The lowest BCUT2D eigenvalue weighted by Crippen LogP contribution is -2.53. The summed E-state index contributed by atoms with van der Waals surface area (Å²) in [4.78, 5) is 54.1. The molecule has 0 unspecified atom stereocenters. The van der Waals surface area contributed by atoms with E-state index in [1.165, 1.54) is 19.1 Å². The average Bonchev–Trinajstić information content (AvgIpc) is 3.42. The molecule has 3 heterocycles. The van der Waals surface area contributed by atoms with Gasteiger partial charge in [-0.3, -0.25) is 29.4 Å². The summed E-state index contributed by atoms with van der Waals surface area (Å²) >= 11 is 6.43. The number of halogens is 1. The summed E-state index contributed by atoms with van der Waals surface area (Å²) < 4.78 is 10.6. The van der Waals surface area contributed by atoms with Gasteiger partial charge in [-0.2, -0.15) is 0 Å². The quantitative estimate of drug-likeness (QED) is 0.464. The number of carbonyl (C=O) groups excluding carboxylic acids is 4. The van der Waals surface area contributed by atoms with E-state index in [1.54, 1.807) is 24.3 Å². The maximum Gasteiger partial charge on any atom is 0.250 e. The lowest BCUT2D eigenvalue weighted by Gasteiger charge is -2.29. The third-order valence-electron chi connectivity index (χ3n) is 7.50. The topological polar surface area (TPSA) is 140 Å². The molecule has 4 atom stereocenters. The van der Waals surface area contributed by atoms with Crippen molar-refractivity contribution >= 4 is 40.9 Å². The van der Waals surface area contributed by atoms with Crippen LogP contribution in [0.4, 0.5) is 5.69 Å². The molecule has 3 aliphatic rings. The molecule has 37 heavy (non-hydrogen) atoms. The Hall–Kier alpha value is -3.63. The van der Waals surface area contributed by atoms with Gasteiger partial charge in [0.25, 0.3) is 0 Å². The number of anilines is 1. The molecule has 5 rings (SSSR count). The molecule has 4 N–H and O–H groups in total. The summed E-state index contributed by atoms with van der Waals surface area (Å²) in [5.74, 6) is -2.92. The number of nitrogens with zero attached hydrogens (tertiary/aromatic N) is 1. The van der Waals surface area contributed by atoms with Crippen LogP contribution in [0.15, 0.2) is 30.3 Å². The molecule has 1 spiro atoms. The van der Waals surface area contributed by atoms with Crippen LogP contribution < -0.4 is 25.8 Å². The number of nitrogens with one attached hydrogen (secondary N) is 2. The van der Waals surface area contributed by atoms with Gasteiger partial charge in [-0.1, -0.05) is 23.7 Å². The first-order valence-electron chi connectivity index (χ1n) is 11.9. The smallest absolute Gasteiger partial charge is 0.250 e. The number of hydrogen-bond acceptors (Lipinski definition) is 7. The second-order valence-electron chi connectivity index (χ2n) is 9.62. The Morgan fingerprint density at radius 2 is 1.84 bits per heavy atom. The minimum Gasteiger partial charge on any atom is -0.493 e. The summed E-state index contributed by atoms with van der Waals surface area (Å²) in [5, 5.41) is 6.29. The van der Waals surface area contributed by atoms with Gasteiger partial charge in [-0.15, -0.1) is 0 Å². The lowest BCUT2D eigenvalue weighted by molar-refractivity contribution is -0.142. The van der Waals surface area contributed by atoms with E-state index in [0.717, 1.165) is 11.1 Å². The second kappa shape index (κ2) is 9.04. The van der Waals surface area contributed by atoms with Crippen molar-refractivity contribution in [2.24, 2.45) is 17.6 Å². The third kappa shape index (κ3) is 3.74. The van der Waals surface area contributed by atoms with E-state index in [2.05, 4.69) is 10.6 Å². The maximum atomic E-state index is 13.9. The SMILES string of the molecule is COc1ccc(CCN2C(=O)[C@@H]3[C@H](CC(N)=O)N[C@]4(C(=O)Nc5c(Cl)cc(C)cc54)[C@H]3C2=O)cc1OC. The standard InChI is InChI=1S/C26H27ClN4O6/c1-12-8-14-22(15(27)9-12)29-25(35)26(14)21-20(16(30-26)11-19(28)32)23(33)31(24(21)34)7-6-13-4-5-17(36-2)18(10-13)37-3/h4-5,8-10,16,20-21,30H,6-7,11H2,1-3H3,(H2,28,32)(H,29,35)/t16-,20+,21+,26-/m0/s1. The van der Waals surface area contributed by atoms with Gasteiger partial charge in [0.2, 0.25) is 23.6 Å². The Morgan fingerprint density at radius 3 is 2.51 bits per heavy atom. The predicted molar refractivity (Wildman–Crippen MR) is 134 cm³/mol. The number of hydrogen-bond donors (Lipinski definition) is 3. The number of imide groups is 1. The van der Waals surface area contributed by atoms with Crippen molar-refractivity contribution in [2.75, 3.05) is 26.1 Å². The summed E-state index contributed by atoms with van der Waals surface area (Å²) in [7, 11) is 3.07. The second-order valence-corrected chi connectivity index (χ2v) is 10.0. The third-order valence-corrected chi connectivity index (χ3v) is 7.80. The number of fused-ring (bicyclic) bond motifs is 4. The molecule has 3 aliphatic heterocycles. The molecule has 2 aromatic carbocycles. The number of nitrogens with two attached hydrogens (primary N) is 1. The largest absolute Gasteiger partial charge is 0.493 e. The molecular formula is C26H27ClN4O6. The zero-order valence-electron chi connectivity index (χ0n) is 20.6. The minimum atomic E-state index is -1.54. The number of aryl methyl sites for hydroxylation is 1. The number of benzene rings is 2. The summed E-state index contributed by atoms with van der Waals surface area (Å²) in [6.45, 7) is 1.93. The van der Waals surface area contributed by atoms with Crippen molar-refractivity contribution < 1.29 is 28.7 Å². The van der Waals surface area contributed by atoms with Crippen LogP contribution in [0.2, 0.25) is 5.02 Å². The number of methoxy groups -OCH3 is 2. The van der Waals surface area contributed by atoms with Gasteiger partial charge in [0.1, 0.15) is 5.54 Å². The highest BCUT2D eigenvalue weighted by Crippen LogP contribution is 2.54. The Labute approximate surface area is 218 Å².